The third-order valence-electron chi connectivity index (χ3n) is 5.86. The fourth-order valence-corrected chi connectivity index (χ4v) is 4.20. The first-order valence-electron chi connectivity index (χ1n) is 12.5. The molecule has 1 aromatic heterocycles. The maximum atomic E-state index is 12.8. The molecule has 0 aliphatic carbocycles. The molecule has 8 heteroatoms. The van der Waals surface area contributed by atoms with Gasteiger partial charge in [-0.25, -0.2) is 9.78 Å². The number of aromatic nitrogens is 1. The topological polar surface area (TPSA) is 104 Å². The van der Waals surface area contributed by atoms with Crippen molar-refractivity contribution in [2.24, 2.45) is 5.92 Å². The van der Waals surface area contributed by atoms with Crippen LogP contribution in [0, 0.1) is 12.8 Å². The number of cyclic esters (lactones) is 1. The highest BCUT2D eigenvalue weighted by Gasteiger charge is 2.29. The van der Waals surface area contributed by atoms with Crippen LogP contribution in [0.1, 0.15) is 75.3 Å². The predicted molar refractivity (Wildman–Crippen MR) is 137 cm³/mol. The second-order valence-corrected chi connectivity index (χ2v) is 9.03. The zero-order valence-corrected chi connectivity index (χ0v) is 21.9. The summed E-state index contributed by atoms with van der Waals surface area (Å²) in [4.78, 5) is 40.9. The van der Waals surface area contributed by atoms with Crippen LogP contribution in [0.4, 0.5) is 0 Å². The minimum absolute atomic E-state index is 0.0761. The molecule has 196 valence electrons. The van der Waals surface area contributed by atoms with Crippen molar-refractivity contribution in [3.8, 4) is 11.5 Å². The van der Waals surface area contributed by atoms with Crippen molar-refractivity contribution in [2.75, 3.05) is 7.11 Å². The minimum atomic E-state index is -0.788. The second-order valence-electron chi connectivity index (χ2n) is 9.03. The fraction of sp³-hybridized carbons (Fsp3) is 0.500. The highest BCUT2D eigenvalue weighted by atomic mass is 16.6. The van der Waals surface area contributed by atoms with Gasteiger partial charge in [-0.1, -0.05) is 68.5 Å². The molecule has 2 heterocycles. The summed E-state index contributed by atoms with van der Waals surface area (Å²) < 4.78 is 15.8. The Morgan fingerprint density at radius 1 is 1.17 bits per heavy atom. The molecule has 1 amide bonds. The molecular weight excluding hydrogens is 460 g/mol. The molecule has 2 aromatic rings. The molecule has 1 aliphatic rings. The molecule has 1 N–H and O–H groups in total. The van der Waals surface area contributed by atoms with Crippen molar-refractivity contribution in [3.63, 3.8) is 0 Å². The molecule has 3 rings (SSSR count). The molecular formula is C28H38N2O6. The van der Waals surface area contributed by atoms with Crippen molar-refractivity contribution < 1.29 is 28.6 Å². The summed E-state index contributed by atoms with van der Waals surface area (Å²) in [6.45, 7) is 7.33. The van der Waals surface area contributed by atoms with Gasteiger partial charge in [-0.3, -0.25) is 9.59 Å². The summed E-state index contributed by atoms with van der Waals surface area (Å²) in [6, 6.07) is 11.0. The molecule has 1 fully saturated rings. The fourth-order valence-electron chi connectivity index (χ4n) is 4.20. The number of nitrogens with one attached hydrogen (secondary N) is 1. The van der Waals surface area contributed by atoms with Crippen LogP contribution in [-0.4, -0.2) is 42.1 Å². The van der Waals surface area contributed by atoms with Gasteiger partial charge in [-0.2, -0.15) is 0 Å². The monoisotopic (exact) mass is 498 g/mol. The Labute approximate surface area is 213 Å². The summed E-state index contributed by atoms with van der Waals surface area (Å²) >= 11 is 0. The van der Waals surface area contributed by atoms with Crippen molar-refractivity contribution in [3.05, 3.63) is 53.9 Å². The summed E-state index contributed by atoms with van der Waals surface area (Å²) in [6.07, 6.45) is 6.45. The molecule has 1 saturated heterocycles. The van der Waals surface area contributed by atoms with E-state index in [9.17, 15) is 14.4 Å². The summed E-state index contributed by atoms with van der Waals surface area (Å²) in [5.74, 6) is -1.06. The second kappa shape index (κ2) is 14.9. The van der Waals surface area contributed by atoms with E-state index in [0.29, 0.717) is 12.3 Å². The SMILES string of the molecule is CCCC1CCC[C@H](NC(=O)c2nccc(OC)c2OC(C)=O)C(=O)OC(C)C1.Cc1ccccc1. The lowest BCUT2D eigenvalue weighted by Gasteiger charge is -2.20. The predicted octanol–water partition coefficient (Wildman–Crippen LogP) is 5.03. The van der Waals surface area contributed by atoms with Crippen molar-refractivity contribution in [1.82, 2.24) is 10.3 Å². The Balaban J connectivity index is 0.000000558. The van der Waals surface area contributed by atoms with Gasteiger partial charge in [0.15, 0.2) is 11.4 Å². The Bertz CT molecular complexity index is 995. The first kappa shape index (κ1) is 28.8. The number of benzene rings is 1. The maximum Gasteiger partial charge on any atom is 0.328 e. The molecule has 3 atom stereocenters. The van der Waals surface area contributed by atoms with Crippen LogP contribution < -0.4 is 14.8 Å². The number of rotatable bonds is 6. The number of carbonyl (C=O) groups excluding carboxylic acids is 3. The number of amides is 1. The van der Waals surface area contributed by atoms with E-state index in [2.05, 4.69) is 36.3 Å². The van der Waals surface area contributed by atoms with Crippen LogP contribution in [-0.2, 0) is 14.3 Å². The van der Waals surface area contributed by atoms with Crippen LogP contribution in [0.25, 0.3) is 0 Å². The van der Waals surface area contributed by atoms with Gasteiger partial charge < -0.3 is 19.5 Å². The number of aryl methyl sites for hydroxylation is 1. The average molecular weight is 499 g/mol. The molecule has 8 nitrogen and oxygen atoms in total. The molecule has 0 saturated carbocycles. The smallest absolute Gasteiger partial charge is 0.328 e. The van der Waals surface area contributed by atoms with E-state index in [1.807, 2.05) is 25.1 Å². The van der Waals surface area contributed by atoms with Crippen LogP contribution in [0.5, 0.6) is 11.5 Å². The van der Waals surface area contributed by atoms with Gasteiger partial charge >= 0.3 is 11.9 Å². The first-order chi connectivity index (χ1) is 17.2. The van der Waals surface area contributed by atoms with Crippen molar-refractivity contribution in [1.29, 1.82) is 0 Å². The van der Waals surface area contributed by atoms with Crippen LogP contribution >= 0.6 is 0 Å². The molecule has 0 spiro atoms. The van der Waals surface area contributed by atoms with Gasteiger partial charge in [-0.05, 0) is 32.6 Å². The van der Waals surface area contributed by atoms with Crippen molar-refractivity contribution >= 4 is 17.8 Å². The Kier molecular flexibility index (Phi) is 11.9. The molecule has 1 aliphatic heterocycles. The number of nitrogens with zero attached hydrogens (tertiary/aromatic N) is 1. The summed E-state index contributed by atoms with van der Waals surface area (Å²) in [7, 11) is 1.40. The number of esters is 2. The van der Waals surface area contributed by atoms with E-state index in [1.54, 1.807) is 0 Å². The third-order valence-corrected chi connectivity index (χ3v) is 5.86. The molecule has 1 aromatic carbocycles. The molecule has 2 unspecified atom stereocenters. The van der Waals surface area contributed by atoms with E-state index in [-0.39, 0.29) is 23.3 Å². The lowest BCUT2D eigenvalue weighted by molar-refractivity contribution is -0.151. The van der Waals surface area contributed by atoms with Gasteiger partial charge in [0.1, 0.15) is 6.04 Å². The highest BCUT2D eigenvalue weighted by Crippen LogP contribution is 2.30. The standard InChI is InChI=1S/C21H30N2O6.C7H8/c1-5-7-15-8-6-9-16(21(26)28-13(2)12-15)23-20(25)18-19(29-14(3)24)17(27-4)10-11-22-18;1-7-5-3-2-4-6-7/h10-11,13,15-16H,5-9,12H2,1-4H3,(H,23,25);2-6H,1H3/t13?,15?,16-;/m0./s1. The van der Waals surface area contributed by atoms with E-state index in [1.165, 1.54) is 31.9 Å². The summed E-state index contributed by atoms with van der Waals surface area (Å²) in [5.41, 5.74) is 1.20. The van der Waals surface area contributed by atoms with E-state index in [0.717, 1.165) is 32.1 Å². The number of pyridine rings is 1. The highest BCUT2D eigenvalue weighted by molar-refractivity contribution is 5.98. The van der Waals surface area contributed by atoms with Crippen LogP contribution in [0.2, 0.25) is 0 Å². The van der Waals surface area contributed by atoms with Gasteiger partial charge in [-0.15, -0.1) is 0 Å². The minimum Gasteiger partial charge on any atom is -0.493 e. The van der Waals surface area contributed by atoms with E-state index < -0.39 is 23.9 Å². The average Bonchev–Trinajstić information content (AvgIpc) is 2.89. The Morgan fingerprint density at radius 2 is 1.89 bits per heavy atom. The number of methoxy groups -OCH3 is 1. The van der Waals surface area contributed by atoms with Crippen LogP contribution in [0.3, 0.4) is 0 Å². The number of carbonyl (C=O) groups is 3. The number of ether oxygens (including phenoxy) is 3. The maximum absolute atomic E-state index is 12.8. The largest absolute Gasteiger partial charge is 0.493 e. The third kappa shape index (κ3) is 9.32. The number of hydrogen-bond donors (Lipinski definition) is 1. The number of hydrogen-bond acceptors (Lipinski definition) is 7. The zero-order chi connectivity index (χ0) is 26.5. The van der Waals surface area contributed by atoms with Gasteiger partial charge in [0.25, 0.3) is 5.91 Å². The van der Waals surface area contributed by atoms with Gasteiger partial charge in [0.05, 0.1) is 13.2 Å². The summed E-state index contributed by atoms with van der Waals surface area (Å²) in [5, 5.41) is 2.69. The Hall–Kier alpha value is -3.42. The van der Waals surface area contributed by atoms with E-state index >= 15 is 0 Å². The zero-order valence-electron chi connectivity index (χ0n) is 21.9. The molecule has 36 heavy (non-hydrogen) atoms. The normalized spacial score (nSPS) is 19.8. The lowest BCUT2D eigenvalue weighted by atomic mass is 9.91. The van der Waals surface area contributed by atoms with E-state index in [4.69, 9.17) is 14.2 Å². The molecule has 0 radical (unpaired) electrons. The van der Waals surface area contributed by atoms with Gasteiger partial charge in [0.2, 0.25) is 5.75 Å². The molecule has 0 bridgehead atoms. The first-order valence-corrected chi connectivity index (χ1v) is 12.5. The quantitative estimate of drug-likeness (QED) is 0.557. The lowest BCUT2D eigenvalue weighted by Crippen LogP contribution is -2.43. The van der Waals surface area contributed by atoms with Gasteiger partial charge in [0, 0.05) is 19.2 Å². The Morgan fingerprint density at radius 3 is 2.47 bits per heavy atom. The van der Waals surface area contributed by atoms with Crippen LogP contribution in [0.15, 0.2) is 42.6 Å². The van der Waals surface area contributed by atoms with Crippen molar-refractivity contribution in [2.45, 2.75) is 78.4 Å².